The zero-order chi connectivity index (χ0) is 27.7. The van der Waals surface area contributed by atoms with E-state index in [1.54, 1.807) is 29.2 Å². The Balaban J connectivity index is 0.000000983. The monoisotopic (exact) mass is 532 g/mol. The number of anilines is 4. The van der Waals surface area contributed by atoms with E-state index in [-0.39, 0.29) is 24.6 Å². The van der Waals surface area contributed by atoms with Gasteiger partial charge in [0.25, 0.3) is 6.47 Å². The summed E-state index contributed by atoms with van der Waals surface area (Å²) in [4.78, 5) is 31.5. The molecule has 1 saturated carbocycles. The van der Waals surface area contributed by atoms with Crippen LogP contribution in [0.3, 0.4) is 0 Å². The fourth-order valence-corrected chi connectivity index (χ4v) is 4.77. The average Bonchev–Trinajstić information content (AvgIpc) is 3.68. The number of benzene rings is 1. The Morgan fingerprint density at radius 3 is 2.67 bits per heavy atom. The van der Waals surface area contributed by atoms with E-state index in [9.17, 15) is 4.79 Å². The summed E-state index contributed by atoms with van der Waals surface area (Å²) >= 11 is 0. The predicted molar refractivity (Wildman–Crippen MR) is 146 cm³/mol. The number of carbonyl (C=O) groups excluding carboxylic acids is 1. The number of fused-ring (bicyclic) bond motifs is 2. The van der Waals surface area contributed by atoms with Gasteiger partial charge in [0.15, 0.2) is 11.6 Å². The fourth-order valence-electron chi connectivity index (χ4n) is 4.77. The van der Waals surface area contributed by atoms with Gasteiger partial charge < -0.3 is 26.8 Å². The Bertz CT molecular complexity index is 1570. The number of nitrogens with two attached hydrogens (primary N) is 2. The van der Waals surface area contributed by atoms with Gasteiger partial charge in [0.2, 0.25) is 5.91 Å². The Kier molecular flexibility index (Phi) is 7.01. The Morgan fingerprint density at radius 1 is 1.15 bits per heavy atom. The highest BCUT2D eigenvalue weighted by Crippen LogP contribution is 2.36. The minimum atomic E-state index is -0.529. The van der Waals surface area contributed by atoms with Gasteiger partial charge in [0.1, 0.15) is 12.4 Å². The van der Waals surface area contributed by atoms with Crippen LogP contribution in [0.1, 0.15) is 24.1 Å². The third-order valence-corrected chi connectivity index (χ3v) is 7.11. The third-order valence-electron chi connectivity index (χ3n) is 7.11. The molecule has 0 atom stereocenters. The first-order chi connectivity index (χ1) is 18.8. The molecule has 39 heavy (non-hydrogen) atoms. The molecule has 12 heteroatoms. The lowest BCUT2D eigenvalue weighted by Gasteiger charge is -2.19. The quantitative estimate of drug-likeness (QED) is 0.223. The van der Waals surface area contributed by atoms with Gasteiger partial charge in [-0.2, -0.15) is 5.10 Å². The number of pyridine rings is 2. The van der Waals surface area contributed by atoms with Crippen molar-refractivity contribution < 1.29 is 19.1 Å². The van der Waals surface area contributed by atoms with Crippen molar-refractivity contribution in [3.05, 3.63) is 53.9 Å². The molecule has 0 saturated heterocycles. The first-order valence-electron chi connectivity index (χ1n) is 12.6. The summed E-state index contributed by atoms with van der Waals surface area (Å²) < 4.78 is 17.0. The van der Waals surface area contributed by atoms with Gasteiger partial charge in [-0.25, -0.2) is 9.37 Å². The lowest BCUT2D eigenvalue weighted by atomic mass is 9.97. The maximum Gasteiger partial charge on any atom is 0.290 e. The number of hydrogen-bond acceptors (Lipinski definition) is 8. The van der Waals surface area contributed by atoms with E-state index in [0.29, 0.717) is 46.3 Å². The zero-order valence-electron chi connectivity index (χ0n) is 21.4. The highest BCUT2D eigenvalue weighted by atomic mass is 19.1. The molecule has 11 nitrogen and oxygen atoms in total. The maximum absolute atomic E-state index is 15.2. The zero-order valence-corrected chi connectivity index (χ0v) is 21.4. The van der Waals surface area contributed by atoms with Crippen LogP contribution in [-0.2, 0) is 22.6 Å². The second-order valence-electron chi connectivity index (χ2n) is 9.79. The lowest BCUT2D eigenvalue weighted by Crippen LogP contribution is -2.34. The second kappa shape index (κ2) is 10.6. The third kappa shape index (κ3) is 5.31. The molecule has 0 bridgehead atoms. The molecule has 1 aliphatic carbocycles. The van der Waals surface area contributed by atoms with Crippen molar-refractivity contribution >= 4 is 46.2 Å². The van der Waals surface area contributed by atoms with Crippen LogP contribution in [0.15, 0.2) is 36.8 Å². The van der Waals surface area contributed by atoms with Crippen molar-refractivity contribution in [1.29, 1.82) is 0 Å². The smallest absolute Gasteiger partial charge is 0.290 e. The number of rotatable bonds is 5. The normalized spacial score (nSPS) is 14.8. The van der Waals surface area contributed by atoms with Crippen molar-refractivity contribution in [3.63, 3.8) is 0 Å². The number of amides is 1. The number of hydrogen-bond donors (Lipinski definition) is 4. The highest BCUT2D eigenvalue weighted by molar-refractivity contribution is 5.98. The van der Waals surface area contributed by atoms with Crippen LogP contribution in [0.25, 0.3) is 21.9 Å². The molecule has 0 spiro atoms. The van der Waals surface area contributed by atoms with E-state index < -0.39 is 5.82 Å². The first-order valence-corrected chi connectivity index (χ1v) is 12.6. The highest BCUT2D eigenvalue weighted by Gasteiger charge is 2.29. The van der Waals surface area contributed by atoms with E-state index >= 15 is 4.39 Å². The van der Waals surface area contributed by atoms with Gasteiger partial charge in [-0.15, -0.1) is 0 Å². The van der Waals surface area contributed by atoms with Crippen LogP contribution < -0.4 is 16.8 Å². The van der Waals surface area contributed by atoms with Crippen LogP contribution >= 0.6 is 0 Å². The van der Waals surface area contributed by atoms with Crippen molar-refractivity contribution in [2.45, 2.75) is 32.7 Å². The Hall–Kier alpha value is -4.74. The molecular weight excluding hydrogens is 503 g/mol. The molecule has 4 heterocycles. The fraction of sp³-hybridized carbons (Fsp3) is 0.296. The van der Waals surface area contributed by atoms with E-state index in [1.807, 2.05) is 17.9 Å². The summed E-state index contributed by atoms with van der Waals surface area (Å²) in [6.07, 6.45) is 7.86. The molecule has 0 radical (unpaired) electrons. The molecule has 2 aliphatic rings. The van der Waals surface area contributed by atoms with Gasteiger partial charge in [-0.05, 0) is 48.8 Å². The van der Waals surface area contributed by atoms with E-state index in [1.165, 1.54) is 19.0 Å². The minimum absolute atomic E-state index is 0.0198. The van der Waals surface area contributed by atoms with Crippen molar-refractivity contribution in [3.8, 4) is 11.1 Å². The average molecular weight is 533 g/mol. The van der Waals surface area contributed by atoms with Gasteiger partial charge >= 0.3 is 0 Å². The topological polar surface area (TPSA) is 165 Å². The maximum atomic E-state index is 15.2. The molecule has 1 fully saturated rings. The van der Waals surface area contributed by atoms with Crippen LogP contribution in [0.5, 0.6) is 0 Å². The largest absolute Gasteiger partial charge is 0.483 e. The van der Waals surface area contributed by atoms with E-state index in [4.69, 9.17) is 21.4 Å². The molecule has 6 rings (SSSR count). The molecular formula is C27H29FN8O3. The number of halogens is 1. The summed E-state index contributed by atoms with van der Waals surface area (Å²) in [7, 11) is 0. The number of nitrogens with zero attached hydrogens (tertiary/aromatic N) is 5. The Morgan fingerprint density at radius 2 is 1.92 bits per heavy atom. The van der Waals surface area contributed by atoms with Crippen molar-refractivity contribution in [1.82, 2.24) is 24.6 Å². The van der Waals surface area contributed by atoms with Crippen molar-refractivity contribution in [2.24, 2.45) is 5.92 Å². The van der Waals surface area contributed by atoms with Crippen LogP contribution in [0.2, 0.25) is 0 Å². The summed E-state index contributed by atoms with van der Waals surface area (Å²) in [5, 5.41) is 15.9. The molecule has 4 aromatic rings. The molecule has 1 amide bonds. The summed E-state index contributed by atoms with van der Waals surface area (Å²) in [5.41, 5.74) is 15.3. The van der Waals surface area contributed by atoms with Gasteiger partial charge in [-0.1, -0.05) is 0 Å². The molecule has 3 aromatic heterocycles. The number of carboxylic acid groups (broad SMARTS) is 1. The summed E-state index contributed by atoms with van der Waals surface area (Å²) in [6, 6.07) is 5.48. The molecule has 6 N–H and O–H groups in total. The minimum Gasteiger partial charge on any atom is -0.483 e. The number of nitrogens with one attached hydrogen (secondary N) is 1. The second-order valence-corrected chi connectivity index (χ2v) is 9.79. The number of aromatic nitrogens is 4. The van der Waals surface area contributed by atoms with Crippen LogP contribution in [0.4, 0.5) is 27.4 Å². The van der Waals surface area contributed by atoms with E-state index in [2.05, 4.69) is 20.4 Å². The molecule has 1 aromatic carbocycles. The lowest BCUT2D eigenvalue weighted by molar-refractivity contribution is -0.131. The van der Waals surface area contributed by atoms with Crippen LogP contribution in [-0.4, -0.2) is 55.2 Å². The van der Waals surface area contributed by atoms with E-state index in [0.717, 1.165) is 29.6 Å². The number of nitrogen functional groups attached to an aromatic ring is 2. The SMILES string of the molecule is Cc1c(N)cncc1-c1cc2cc(Nc3cc4n(n3)CC(=O)N(CC3CC3)CC4)ncc2c(N)c1F.O=CO. The molecule has 0 unspecified atom stereocenters. The molecule has 202 valence electrons. The molecule has 1 aliphatic heterocycles. The van der Waals surface area contributed by atoms with Gasteiger partial charge in [-0.3, -0.25) is 19.3 Å². The summed E-state index contributed by atoms with van der Waals surface area (Å²) in [5.74, 6) is 1.38. The predicted octanol–water partition coefficient (Wildman–Crippen LogP) is 3.34. The van der Waals surface area contributed by atoms with Crippen LogP contribution in [0, 0.1) is 18.7 Å². The van der Waals surface area contributed by atoms with Gasteiger partial charge in [0.05, 0.1) is 17.6 Å². The summed E-state index contributed by atoms with van der Waals surface area (Å²) in [6.45, 7) is 3.37. The number of carbonyl (C=O) groups is 2. The van der Waals surface area contributed by atoms with Gasteiger partial charge in [0, 0.05) is 60.2 Å². The first kappa shape index (κ1) is 25.9. The van der Waals surface area contributed by atoms with Crippen molar-refractivity contribution in [2.75, 3.05) is 29.9 Å². The Labute approximate surface area is 223 Å². The standard InChI is InChI=1S/C26H27FN8O.CH2O2/c1-14-19(9-30-11-21(14)28)18-6-16-7-22(31-10-20(16)26(29)25(18)27)32-23-8-17-4-5-34(12-15-2-3-15)24(36)13-35(17)33-23;2-1-3/h6-11,15H,2-5,12-13,28-29H2,1H3,(H,31,32,33);1H,(H,2,3).